The molecule has 190 valence electrons. The first-order chi connectivity index (χ1) is 16.7. The fourth-order valence-corrected chi connectivity index (χ4v) is 5.62. The smallest absolute Gasteiger partial charge is 0.277 e. The molecule has 0 saturated carbocycles. The van der Waals surface area contributed by atoms with E-state index in [4.69, 9.17) is 9.72 Å². The van der Waals surface area contributed by atoms with Crippen LogP contribution >= 0.6 is 0 Å². The monoisotopic (exact) mass is 502 g/mol. The standard InChI is InChI=1S/C24H34N6O4S/c1-5-7-19-21-22(30(4)28-19)24(31)27-23(26-21)18-13-17(8-9-20(18)34-12-6-2)35(32,33)25-14-16-10-11-29(3)15-16/h8-9,13,16,25H,5-7,10-12,14-15H2,1-4H3,(H,26,27,31). The van der Waals surface area contributed by atoms with Crippen LogP contribution in [0, 0.1) is 5.92 Å². The number of hydrogen-bond donors (Lipinski definition) is 2. The number of rotatable bonds is 10. The molecule has 1 aliphatic rings. The molecule has 0 radical (unpaired) electrons. The van der Waals surface area contributed by atoms with Gasteiger partial charge in [0, 0.05) is 20.1 Å². The van der Waals surface area contributed by atoms with E-state index < -0.39 is 10.0 Å². The molecule has 1 atom stereocenters. The minimum atomic E-state index is -3.76. The second-order valence-corrected chi connectivity index (χ2v) is 11.0. The van der Waals surface area contributed by atoms with Gasteiger partial charge in [-0.25, -0.2) is 18.1 Å². The number of hydrogen-bond acceptors (Lipinski definition) is 7. The summed E-state index contributed by atoms with van der Waals surface area (Å²) in [5.41, 5.74) is 1.74. The maximum absolute atomic E-state index is 13.1. The molecule has 1 aromatic carbocycles. The molecule has 1 fully saturated rings. The summed E-state index contributed by atoms with van der Waals surface area (Å²) in [6, 6.07) is 4.68. The number of aromatic nitrogens is 4. The van der Waals surface area contributed by atoms with E-state index in [2.05, 4.69) is 19.7 Å². The molecule has 3 heterocycles. The van der Waals surface area contributed by atoms with Gasteiger partial charge in [0.2, 0.25) is 10.0 Å². The summed E-state index contributed by atoms with van der Waals surface area (Å²) in [5, 5.41) is 4.46. The van der Waals surface area contributed by atoms with Crippen LogP contribution in [-0.4, -0.2) is 66.4 Å². The molecule has 1 unspecified atom stereocenters. The number of benzene rings is 1. The Kier molecular flexibility index (Phi) is 7.58. The molecule has 3 aromatic rings. The lowest BCUT2D eigenvalue weighted by atomic mass is 10.1. The summed E-state index contributed by atoms with van der Waals surface area (Å²) in [6.45, 7) is 6.70. The average Bonchev–Trinajstić information content (AvgIpc) is 3.39. The first-order valence-corrected chi connectivity index (χ1v) is 13.6. The molecular formula is C24H34N6O4S. The molecule has 4 rings (SSSR count). The van der Waals surface area contributed by atoms with Crippen molar-refractivity contribution in [3.8, 4) is 17.1 Å². The molecule has 2 N–H and O–H groups in total. The molecule has 10 nitrogen and oxygen atoms in total. The molecule has 0 spiro atoms. The quantitative estimate of drug-likeness (QED) is 0.436. The van der Waals surface area contributed by atoms with Gasteiger partial charge in [0.1, 0.15) is 17.1 Å². The van der Waals surface area contributed by atoms with Gasteiger partial charge in [-0.3, -0.25) is 9.48 Å². The fourth-order valence-electron chi connectivity index (χ4n) is 4.48. The topological polar surface area (TPSA) is 122 Å². The molecule has 1 saturated heterocycles. The van der Waals surface area contributed by atoms with E-state index in [0.29, 0.717) is 41.9 Å². The van der Waals surface area contributed by atoms with Gasteiger partial charge >= 0.3 is 0 Å². The van der Waals surface area contributed by atoms with Crippen molar-refractivity contribution in [2.24, 2.45) is 13.0 Å². The predicted molar refractivity (Wildman–Crippen MR) is 135 cm³/mol. The van der Waals surface area contributed by atoms with Gasteiger partial charge < -0.3 is 14.6 Å². The van der Waals surface area contributed by atoms with Gasteiger partial charge in [0.25, 0.3) is 5.56 Å². The van der Waals surface area contributed by atoms with Crippen molar-refractivity contribution < 1.29 is 13.2 Å². The van der Waals surface area contributed by atoms with Crippen molar-refractivity contribution in [1.29, 1.82) is 0 Å². The lowest BCUT2D eigenvalue weighted by Crippen LogP contribution is -2.30. The van der Waals surface area contributed by atoms with Crippen molar-refractivity contribution >= 4 is 21.1 Å². The van der Waals surface area contributed by atoms with Gasteiger partial charge in [-0.2, -0.15) is 5.10 Å². The molecular weight excluding hydrogens is 468 g/mol. The third-order valence-corrected chi connectivity index (χ3v) is 7.70. The summed E-state index contributed by atoms with van der Waals surface area (Å²) < 4.78 is 36.4. The largest absolute Gasteiger partial charge is 0.493 e. The first kappa shape index (κ1) is 25.3. The number of aryl methyl sites for hydroxylation is 2. The van der Waals surface area contributed by atoms with E-state index in [-0.39, 0.29) is 22.2 Å². The van der Waals surface area contributed by atoms with E-state index >= 15 is 0 Å². The Morgan fingerprint density at radius 2 is 2.03 bits per heavy atom. The highest BCUT2D eigenvalue weighted by atomic mass is 32.2. The van der Waals surface area contributed by atoms with Crippen LogP contribution in [0.4, 0.5) is 0 Å². The summed E-state index contributed by atoms with van der Waals surface area (Å²) in [7, 11) is -0.00520. The normalized spacial score (nSPS) is 16.9. The SMILES string of the molecule is CCCOc1ccc(S(=O)(=O)NCC2CCN(C)C2)cc1-c1nc2c(CCC)nn(C)c2c(=O)[nH]1. The number of aromatic amines is 1. The predicted octanol–water partition coefficient (Wildman–Crippen LogP) is 2.29. The van der Waals surface area contributed by atoms with Crippen molar-refractivity contribution in [2.45, 2.75) is 44.4 Å². The minimum Gasteiger partial charge on any atom is -0.493 e. The van der Waals surface area contributed by atoms with E-state index in [1.165, 1.54) is 16.8 Å². The Morgan fingerprint density at radius 1 is 1.23 bits per heavy atom. The third kappa shape index (κ3) is 5.41. The van der Waals surface area contributed by atoms with Gasteiger partial charge in [0.05, 0.1) is 22.8 Å². The van der Waals surface area contributed by atoms with Gasteiger partial charge in [-0.1, -0.05) is 20.3 Å². The molecule has 11 heteroatoms. The Labute approximate surface area is 205 Å². The first-order valence-electron chi connectivity index (χ1n) is 12.1. The van der Waals surface area contributed by atoms with E-state index in [1.54, 1.807) is 13.1 Å². The van der Waals surface area contributed by atoms with Gasteiger partial charge in [-0.15, -0.1) is 0 Å². The van der Waals surface area contributed by atoms with E-state index in [9.17, 15) is 13.2 Å². The second-order valence-electron chi connectivity index (χ2n) is 9.21. The van der Waals surface area contributed by atoms with Crippen LogP contribution in [0.5, 0.6) is 5.75 Å². The van der Waals surface area contributed by atoms with Crippen LogP contribution in [0.15, 0.2) is 27.9 Å². The number of nitrogens with one attached hydrogen (secondary N) is 2. The third-order valence-electron chi connectivity index (χ3n) is 6.28. The zero-order valence-electron chi connectivity index (χ0n) is 20.8. The molecule has 2 aromatic heterocycles. The Hall–Kier alpha value is -2.76. The summed E-state index contributed by atoms with van der Waals surface area (Å²) in [5.74, 6) is 1.00. The highest BCUT2D eigenvalue weighted by Gasteiger charge is 2.24. The number of ether oxygens (including phenoxy) is 1. The fraction of sp³-hybridized carbons (Fsp3) is 0.542. The highest BCUT2D eigenvalue weighted by Crippen LogP contribution is 2.31. The Balaban J connectivity index is 1.75. The summed E-state index contributed by atoms with van der Waals surface area (Å²) in [4.78, 5) is 22.8. The molecule has 0 bridgehead atoms. The number of nitrogens with zero attached hydrogens (tertiary/aromatic N) is 4. The summed E-state index contributed by atoms with van der Waals surface area (Å²) in [6.07, 6.45) is 3.28. The van der Waals surface area contributed by atoms with Crippen molar-refractivity contribution in [3.05, 3.63) is 34.2 Å². The zero-order chi connectivity index (χ0) is 25.2. The minimum absolute atomic E-state index is 0.102. The summed E-state index contributed by atoms with van der Waals surface area (Å²) >= 11 is 0. The van der Waals surface area contributed by atoms with Crippen LogP contribution in [0.2, 0.25) is 0 Å². The van der Waals surface area contributed by atoms with E-state index in [0.717, 1.165) is 38.0 Å². The number of H-pyrrole nitrogens is 1. The lowest BCUT2D eigenvalue weighted by molar-refractivity contribution is 0.318. The maximum atomic E-state index is 13.1. The van der Waals surface area contributed by atoms with Gasteiger partial charge in [-0.05, 0) is 57.0 Å². The van der Waals surface area contributed by atoms with Crippen LogP contribution < -0.4 is 15.0 Å². The molecule has 35 heavy (non-hydrogen) atoms. The zero-order valence-corrected chi connectivity index (χ0v) is 21.6. The highest BCUT2D eigenvalue weighted by molar-refractivity contribution is 7.89. The van der Waals surface area contributed by atoms with Gasteiger partial charge in [0.15, 0.2) is 5.52 Å². The van der Waals surface area contributed by atoms with Crippen molar-refractivity contribution in [3.63, 3.8) is 0 Å². The van der Waals surface area contributed by atoms with Crippen LogP contribution in [0.3, 0.4) is 0 Å². The van der Waals surface area contributed by atoms with Crippen LogP contribution in [0.1, 0.15) is 38.8 Å². The molecule has 1 aliphatic heterocycles. The number of likely N-dealkylation sites (tertiary alicyclic amines) is 1. The van der Waals surface area contributed by atoms with Crippen LogP contribution in [-0.2, 0) is 23.5 Å². The van der Waals surface area contributed by atoms with Crippen molar-refractivity contribution in [2.75, 3.05) is 33.3 Å². The second kappa shape index (κ2) is 10.5. The average molecular weight is 503 g/mol. The van der Waals surface area contributed by atoms with Crippen LogP contribution in [0.25, 0.3) is 22.4 Å². The molecule has 0 aliphatic carbocycles. The molecule has 0 amide bonds. The Bertz CT molecular complexity index is 1360. The van der Waals surface area contributed by atoms with E-state index in [1.807, 2.05) is 20.9 Å². The van der Waals surface area contributed by atoms with Crippen molar-refractivity contribution in [1.82, 2.24) is 29.4 Å². The number of fused-ring (bicyclic) bond motifs is 1. The number of sulfonamides is 1. The Morgan fingerprint density at radius 3 is 2.71 bits per heavy atom. The maximum Gasteiger partial charge on any atom is 0.277 e. The lowest BCUT2D eigenvalue weighted by Gasteiger charge is -2.15.